The highest BCUT2D eigenvalue weighted by molar-refractivity contribution is 5.80. The van der Waals surface area contributed by atoms with Crippen molar-refractivity contribution in [3.8, 4) is 18.2 Å². The summed E-state index contributed by atoms with van der Waals surface area (Å²) in [5.74, 6) is 1.19. The number of pyridine rings is 2. The number of hydrogen-bond donors (Lipinski definition) is 3. The van der Waals surface area contributed by atoms with Gasteiger partial charge in [-0.05, 0) is 37.1 Å². The zero-order valence-electron chi connectivity index (χ0n) is 18.2. The molecule has 10 heteroatoms. The van der Waals surface area contributed by atoms with E-state index >= 15 is 0 Å². The molecule has 0 radical (unpaired) electrons. The molecule has 1 aliphatic heterocycles. The predicted molar refractivity (Wildman–Crippen MR) is 122 cm³/mol. The Labute approximate surface area is 192 Å². The van der Waals surface area contributed by atoms with E-state index in [1.165, 1.54) is 12.4 Å². The molecule has 2 aromatic rings. The van der Waals surface area contributed by atoms with Gasteiger partial charge in [-0.1, -0.05) is 0 Å². The molecular formula is C23H25N9O. The topological polar surface area (TPSA) is 154 Å². The quantitative estimate of drug-likeness (QED) is 0.465. The number of carbonyl (C=O) groups is 1. The van der Waals surface area contributed by atoms with Crippen LogP contribution in [-0.4, -0.2) is 59.0 Å². The zero-order chi connectivity index (χ0) is 23.5. The normalized spacial score (nSPS) is 16.9. The van der Waals surface area contributed by atoms with E-state index in [4.69, 9.17) is 10.5 Å². The largest absolute Gasteiger partial charge is 0.370 e. The molecule has 1 aliphatic rings. The van der Waals surface area contributed by atoms with Crippen LogP contribution < -0.4 is 16.0 Å². The second-order valence-electron chi connectivity index (χ2n) is 7.66. The first-order valence-electron chi connectivity index (χ1n) is 10.7. The number of nitrogens with zero attached hydrogens (tertiary/aromatic N) is 6. The molecule has 0 unspecified atom stereocenters. The standard InChI is InChI=1S/C23H25N9O/c24-12-18-2-4-20(30-14-18)28-8-7-23(17-26)6-1-11-32(23)22(33)16-27-9-10-29-21-5-3-19(13-25)15-31-21/h2-5,14-15,27H,1,6-11,16H2,(H,28,30)(H,29,31)/t23-/m0/s1. The molecule has 1 saturated heterocycles. The second-order valence-corrected chi connectivity index (χ2v) is 7.66. The average Bonchev–Trinajstić information content (AvgIpc) is 3.29. The number of anilines is 2. The van der Waals surface area contributed by atoms with E-state index in [1.54, 1.807) is 29.2 Å². The molecule has 1 amide bonds. The zero-order valence-corrected chi connectivity index (χ0v) is 18.2. The van der Waals surface area contributed by atoms with Gasteiger partial charge < -0.3 is 20.9 Å². The maximum atomic E-state index is 12.8. The Bertz CT molecular complexity index is 1060. The minimum atomic E-state index is -0.830. The van der Waals surface area contributed by atoms with Crippen molar-refractivity contribution in [2.24, 2.45) is 0 Å². The Morgan fingerprint density at radius 1 is 0.970 bits per heavy atom. The number of likely N-dealkylation sites (tertiary alicyclic amines) is 1. The van der Waals surface area contributed by atoms with E-state index in [0.29, 0.717) is 61.8 Å². The molecule has 168 valence electrons. The summed E-state index contributed by atoms with van der Waals surface area (Å²) in [7, 11) is 0. The predicted octanol–water partition coefficient (Wildman–Crippen LogP) is 1.61. The lowest BCUT2D eigenvalue weighted by Crippen LogP contribution is -2.50. The number of nitriles is 3. The van der Waals surface area contributed by atoms with E-state index in [-0.39, 0.29) is 12.5 Å². The van der Waals surface area contributed by atoms with Gasteiger partial charge in [0.05, 0.1) is 23.7 Å². The summed E-state index contributed by atoms with van der Waals surface area (Å²) in [5.41, 5.74) is 0.153. The molecule has 3 heterocycles. The first kappa shape index (κ1) is 23.5. The van der Waals surface area contributed by atoms with E-state index in [0.717, 1.165) is 6.42 Å². The lowest BCUT2D eigenvalue weighted by molar-refractivity contribution is -0.132. The summed E-state index contributed by atoms with van der Waals surface area (Å²) >= 11 is 0. The third-order valence-corrected chi connectivity index (χ3v) is 5.51. The molecule has 33 heavy (non-hydrogen) atoms. The van der Waals surface area contributed by atoms with Crippen LogP contribution in [0.3, 0.4) is 0 Å². The summed E-state index contributed by atoms with van der Waals surface area (Å²) in [5, 5.41) is 36.9. The molecule has 0 bridgehead atoms. The molecule has 1 fully saturated rings. The minimum absolute atomic E-state index is 0.0953. The van der Waals surface area contributed by atoms with Crippen LogP contribution >= 0.6 is 0 Å². The van der Waals surface area contributed by atoms with Crippen molar-refractivity contribution < 1.29 is 4.79 Å². The highest BCUT2D eigenvalue weighted by atomic mass is 16.2. The van der Waals surface area contributed by atoms with Crippen LogP contribution in [-0.2, 0) is 4.79 Å². The fourth-order valence-corrected chi connectivity index (χ4v) is 3.77. The average molecular weight is 444 g/mol. The smallest absolute Gasteiger partial charge is 0.237 e. The molecule has 0 spiro atoms. The van der Waals surface area contributed by atoms with Crippen molar-refractivity contribution in [3.63, 3.8) is 0 Å². The maximum absolute atomic E-state index is 12.8. The van der Waals surface area contributed by atoms with Gasteiger partial charge in [0.15, 0.2) is 0 Å². The third kappa shape index (κ3) is 6.16. The fourth-order valence-electron chi connectivity index (χ4n) is 3.77. The Kier molecular flexibility index (Phi) is 8.13. The Morgan fingerprint density at radius 2 is 1.61 bits per heavy atom. The van der Waals surface area contributed by atoms with Gasteiger partial charge in [0, 0.05) is 45.0 Å². The summed E-state index contributed by atoms with van der Waals surface area (Å²) in [6.07, 6.45) is 4.92. The van der Waals surface area contributed by atoms with E-state index < -0.39 is 5.54 Å². The van der Waals surface area contributed by atoms with E-state index in [2.05, 4.69) is 32.0 Å². The number of carbonyl (C=O) groups excluding carboxylic acids is 1. The number of hydrogen-bond acceptors (Lipinski definition) is 9. The van der Waals surface area contributed by atoms with Crippen LogP contribution in [0.1, 0.15) is 30.4 Å². The number of rotatable bonds is 10. The monoisotopic (exact) mass is 443 g/mol. The molecule has 2 aromatic heterocycles. The SMILES string of the molecule is N#Cc1ccc(NCCNCC(=O)N2CCC[C@@]2(C#N)CCNc2ccc(C#N)cn2)nc1. The third-order valence-electron chi connectivity index (χ3n) is 5.51. The molecule has 1 atom stereocenters. The molecule has 3 N–H and O–H groups in total. The van der Waals surface area contributed by atoms with Crippen LogP contribution in [0, 0.1) is 34.0 Å². The van der Waals surface area contributed by atoms with Gasteiger partial charge in [-0.2, -0.15) is 15.8 Å². The highest BCUT2D eigenvalue weighted by Crippen LogP contribution is 2.32. The van der Waals surface area contributed by atoms with Crippen molar-refractivity contribution in [2.75, 3.05) is 43.4 Å². The lowest BCUT2D eigenvalue weighted by Gasteiger charge is -2.33. The maximum Gasteiger partial charge on any atom is 0.237 e. The van der Waals surface area contributed by atoms with Gasteiger partial charge in [0.25, 0.3) is 0 Å². The molecule has 0 aliphatic carbocycles. The number of nitrogens with one attached hydrogen (secondary N) is 3. The van der Waals surface area contributed by atoms with Gasteiger partial charge in [0.1, 0.15) is 29.3 Å². The summed E-state index contributed by atoms with van der Waals surface area (Å²) in [6, 6.07) is 13.2. The van der Waals surface area contributed by atoms with Gasteiger partial charge in [-0.25, -0.2) is 9.97 Å². The van der Waals surface area contributed by atoms with Crippen LogP contribution in [0.25, 0.3) is 0 Å². The summed E-state index contributed by atoms with van der Waals surface area (Å²) in [6.45, 7) is 2.32. The fraction of sp³-hybridized carbons (Fsp3) is 0.391. The Hall–Kier alpha value is -4.20. The molecule has 0 saturated carbocycles. The summed E-state index contributed by atoms with van der Waals surface area (Å²) in [4.78, 5) is 22.8. The molecule has 3 rings (SSSR count). The van der Waals surface area contributed by atoms with Gasteiger partial charge in [-0.3, -0.25) is 4.79 Å². The van der Waals surface area contributed by atoms with Crippen molar-refractivity contribution in [1.29, 1.82) is 15.8 Å². The lowest BCUT2D eigenvalue weighted by atomic mass is 9.93. The minimum Gasteiger partial charge on any atom is -0.370 e. The number of amides is 1. The Morgan fingerprint density at radius 3 is 2.15 bits per heavy atom. The van der Waals surface area contributed by atoms with Gasteiger partial charge in [0.2, 0.25) is 5.91 Å². The van der Waals surface area contributed by atoms with Crippen LogP contribution in [0.15, 0.2) is 36.7 Å². The van der Waals surface area contributed by atoms with E-state index in [1.807, 2.05) is 12.1 Å². The number of aromatic nitrogens is 2. The van der Waals surface area contributed by atoms with Gasteiger partial charge >= 0.3 is 0 Å². The Balaban J connectivity index is 1.43. The first-order chi connectivity index (χ1) is 16.1. The van der Waals surface area contributed by atoms with E-state index in [9.17, 15) is 10.1 Å². The van der Waals surface area contributed by atoms with Crippen LogP contribution in [0.2, 0.25) is 0 Å². The molecule has 0 aromatic carbocycles. The first-order valence-corrected chi connectivity index (χ1v) is 10.7. The molecular weight excluding hydrogens is 418 g/mol. The van der Waals surface area contributed by atoms with Gasteiger partial charge in [-0.15, -0.1) is 0 Å². The highest BCUT2D eigenvalue weighted by Gasteiger charge is 2.43. The van der Waals surface area contributed by atoms with Crippen LogP contribution in [0.5, 0.6) is 0 Å². The van der Waals surface area contributed by atoms with Crippen molar-refractivity contribution >= 4 is 17.5 Å². The van der Waals surface area contributed by atoms with Crippen LogP contribution in [0.4, 0.5) is 11.6 Å². The molecule has 10 nitrogen and oxygen atoms in total. The van der Waals surface area contributed by atoms with Crippen molar-refractivity contribution in [1.82, 2.24) is 20.2 Å². The van der Waals surface area contributed by atoms with Crippen molar-refractivity contribution in [2.45, 2.75) is 24.8 Å². The van der Waals surface area contributed by atoms with Crippen molar-refractivity contribution in [3.05, 3.63) is 47.8 Å². The summed E-state index contributed by atoms with van der Waals surface area (Å²) < 4.78 is 0. The second kappa shape index (κ2) is 11.4.